The Morgan fingerprint density at radius 3 is 2.71 bits per heavy atom. The Bertz CT molecular complexity index is 724. The van der Waals surface area contributed by atoms with Crippen molar-refractivity contribution >= 4 is 5.82 Å². The highest BCUT2D eigenvalue weighted by atomic mass is 16.3. The molecule has 0 spiro atoms. The van der Waals surface area contributed by atoms with Crippen LogP contribution in [0, 0.1) is 0 Å². The Morgan fingerprint density at radius 1 is 1.14 bits per heavy atom. The normalized spacial score (nSPS) is 12.2. The van der Waals surface area contributed by atoms with Crippen LogP contribution in [-0.4, -0.2) is 19.9 Å². The third kappa shape index (κ3) is 2.93. The zero-order valence-corrected chi connectivity index (χ0v) is 11.4. The van der Waals surface area contributed by atoms with Gasteiger partial charge in [-0.1, -0.05) is 24.3 Å². The van der Waals surface area contributed by atoms with Gasteiger partial charge in [-0.2, -0.15) is 5.10 Å². The third-order valence-electron chi connectivity index (χ3n) is 3.35. The van der Waals surface area contributed by atoms with Gasteiger partial charge in [-0.05, 0) is 23.8 Å². The molecule has 1 unspecified atom stereocenters. The highest BCUT2D eigenvalue weighted by molar-refractivity contribution is 5.39. The van der Waals surface area contributed by atoms with Gasteiger partial charge in [0, 0.05) is 24.4 Å². The Balaban J connectivity index is 1.79. The molecule has 1 aromatic carbocycles. The minimum atomic E-state index is -0.658. The van der Waals surface area contributed by atoms with E-state index in [0.29, 0.717) is 12.2 Å². The van der Waals surface area contributed by atoms with Gasteiger partial charge in [0.05, 0.1) is 18.0 Å². The van der Waals surface area contributed by atoms with E-state index in [9.17, 15) is 5.11 Å². The number of pyridine rings is 1. The number of nitrogen functional groups attached to an aromatic ring is 1. The largest absolute Gasteiger partial charge is 0.388 e. The summed E-state index contributed by atoms with van der Waals surface area (Å²) in [6.07, 6.45) is 4.89. The highest BCUT2D eigenvalue weighted by Crippen LogP contribution is 2.21. The van der Waals surface area contributed by atoms with Crippen LogP contribution in [-0.2, 0) is 6.42 Å². The number of rotatable bonds is 4. The van der Waals surface area contributed by atoms with Gasteiger partial charge < -0.3 is 10.8 Å². The summed E-state index contributed by atoms with van der Waals surface area (Å²) in [7, 11) is 0. The molecule has 3 aromatic rings. The van der Waals surface area contributed by atoms with Gasteiger partial charge in [-0.15, -0.1) is 0 Å². The number of aliphatic hydroxyl groups excluding tert-OH is 1. The fourth-order valence-corrected chi connectivity index (χ4v) is 2.18. The van der Waals surface area contributed by atoms with Gasteiger partial charge in [-0.3, -0.25) is 0 Å². The summed E-state index contributed by atoms with van der Waals surface area (Å²) < 4.78 is 1.74. The van der Waals surface area contributed by atoms with Gasteiger partial charge in [0.2, 0.25) is 0 Å². The Hall–Kier alpha value is -2.66. The van der Waals surface area contributed by atoms with Crippen LogP contribution in [0.1, 0.15) is 17.2 Å². The van der Waals surface area contributed by atoms with Crippen LogP contribution < -0.4 is 5.73 Å². The standard InChI is InChI=1S/C16H16N4O/c17-16-12(5-4-8-18-16)9-15(21)13-10-19-20(11-13)14-6-2-1-3-7-14/h1-8,10-11,15,21H,9H2,(H2,17,18). The molecule has 0 saturated heterocycles. The van der Waals surface area contributed by atoms with Crippen molar-refractivity contribution in [1.29, 1.82) is 0 Å². The average molecular weight is 280 g/mol. The van der Waals surface area contributed by atoms with E-state index in [2.05, 4.69) is 10.1 Å². The minimum absolute atomic E-state index is 0.417. The fourth-order valence-electron chi connectivity index (χ4n) is 2.18. The lowest BCUT2D eigenvalue weighted by Gasteiger charge is -2.09. The lowest BCUT2D eigenvalue weighted by molar-refractivity contribution is 0.178. The zero-order chi connectivity index (χ0) is 14.7. The molecule has 0 fully saturated rings. The topological polar surface area (TPSA) is 77.0 Å². The predicted octanol–water partition coefficient (Wildman–Crippen LogP) is 2.13. The van der Waals surface area contributed by atoms with Gasteiger partial charge in [0.25, 0.3) is 0 Å². The van der Waals surface area contributed by atoms with E-state index < -0.39 is 6.10 Å². The van der Waals surface area contributed by atoms with E-state index in [4.69, 9.17) is 5.73 Å². The number of nitrogens with two attached hydrogens (primary N) is 1. The molecule has 0 amide bonds. The Kier molecular flexibility index (Phi) is 3.66. The SMILES string of the molecule is Nc1ncccc1CC(O)c1cnn(-c2ccccc2)c1. The monoisotopic (exact) mass is 280 g/mol. The zero-order valence-electron chi connectivity index (χ0n) is 11.4. The molecule has 0 saturated carbocycles. The van der Waals surface area contributed by atoms with Crippen molar-refractivity contribution in [3.8, 4) is 5.69 Å². The van der Waals surface area contributed by atoms with Crippen LogP contribution in [0.15, 0.2) is 61.1 Å². The fraction of sp³-hybridized carbons (Fsp3) is 0.125. The number of benzene rings is 1. The van der Waals surface area contributed by atoms with Crippen LogP contribution in [0.2, 0.25) is 0 Å². The number of aromatic nitrogens is 3. The number of hydrogen-bond acceptors (Lipinski definition) is 4. The van der Waals surface area contributed by atoms with Crippen molar-refractivity contribution in [1.82, 2.24) is 14.8 Å². The Labute approximate surface area is 122 Å². The molecule has 3 rings (SSSR count). The maximum atomic E-state index is 10.3. The minimum Gasteiger partial charge on any atom is -0.388 e. The smallest absolute Gasteiger partial charge is 0.126 e. The number of hydrogen-bond donors (Lipinski definition) is 2. The van der Waals surface area contributed by atoms with Gasteiger partial charge in [0.15, 0.2) is 0 Å². The van der Waals surface area contributed by atoms with Crippen molar-refractivity contribution in [3.05, 3.63) is 72.2 Å². The van der Waals surface area contributed by atoms with Crippen molar-refractivity contribution < 1.29 is 5.11 Å². The van der Waals surface area contributed by atoms with Crippen molar-refractivity contribution in [2.45, 2.75) is 12.5 Å². The molecule has 0 aliphatic carbocycles. The van der Waals surface area contributed by atoms with Crippen LogP contribution >= 0.6 is 0 Å². The van der Waals surface area contributed by atoms with E-state index in [1.54, 1.807) is 17.1 Å². The first-order valence-electron chi connectivity index (χ1n) is 6.71. The molecule has 21 heavy (non-hydrogen) atoms. The number of anilines is 1. The maximum Gasteiger partial charge on any atom is 0.126 e. The summed E-state index contributed by atoms with van der Waals surface area (Å²) in [4.78, 5) is 4.02. The summed E-state index contributed by atoms with van der Waals surface area (Å²) in [5.74, 6) is 0.451. The second-order valence-corrected chi connectivity index (χ2v) is 4.82. The summed E-state index contributed by atoms with van der Waals surface area (Å²) in [6.45, 7) is 0. The molecule has 0 bridgehead atoms. The van der Waals surface area contributed by atoms with Gasteiger partial charge in [0.1, 0.15) is 5.82 Å². The molecule has 0 radical (unpaired) electrons. The van der Waals surface area contributed by atoms with E-state index in [1.165, 1.54) is 0 Å². The quantitative estimate of drug-likeness (QED) is 0.767. The molecule has 1 atom stereocenters. The predicted molar refractivity (Wildman–Crippen MR) is 80.9 cm³/mol. The van der Waals surface area contributed by atoms with Crippen LogP contribution in [0.3, 0.4) is 0 Å². The van der Waals surface area contributed by atoms with Crippen molar-refractivity contribution in [3.63, 3.8) is 0 Å². The van der Waals surface area contributed by atoms with Gasteiger partial charge in [-0.25, -0.2) is 9.67 Å². The van der Waals surface area contributed by atoms with Crippen LogP contribution in [0.25, 0.3) is 5.69 Å². The molecule has 3 N–H and O–H groups in total. The van der Waals surface area contributed by atoms with E-state index in [0.717, 1.165) is 16.8 Å². The van der Waals surface area contributed by atoms with E-state index in [1.807, 2.05) is 48.7 Å². The molecule has 2 aromatic heterocycles. The lowest BCUT2D eigenvalue weighted by atomic mass is 10.1. The summed E-state index contributed by atoms with van der Waals surface area (Å²) in [6, 6.07) is 13.4. The first-order valence-corrected chi connectivity index (χ1v) is 6.71. The van der Waals surface area contributed by atoms with Gasteiger partial charge >= 0.3 is 0 Å². The molecule has 2 heterocycles. The molecule has 106 valence electrons. The molecule has 0 aliphatic rings. The lowest BCUT2D eigenvalue weighted by Crippen LogP contribution is -2.04. The summed E-state index contributed by atoms with van der Waals surface area (Å²) in [5, 5.41) is 14.6. The van der Waals surface area contributed by atoms with E-state index >= 15 is 0 Å². The number of aliphatic hydroxyl groups is 1. The molecular weight excluding hydrogens is 264 g/mol. The maximum absolute atomic E-state index is 10.3. The van der Waals surface area contributed by atoms with Crippen LogP contribution in [0.4, 0.5) is 5.82 Å². The molecule has 0 aliphatic heterocycles. The Morgan fingerprint density at radius 2 is 1.95 bits per heavy atom. The molecule has 5 heteroatoms. The summed E-state index contributed by atoms with van der Waals surface area (Å²) >= 11 is 0. The van der Waals surface area contributed by atoms with Crippen molar-refractivity contribution in [2.24, 2.45) is 0 Å². The third-order valence-corrected chi connectivity index (χ3v) is 3.35. The van der Waals surface area contributed by atoms with Crippen molar-refractivity contribution in [2.75, 3.05) is 5.73 Å². The summed E-state index contributed by atoms with van der Waals surface area (Å²) in [5.41, 5.74) is 8.34. The highest BCUT2D eigenvalue weighted by Gasteiger charge is 2.13. The average Bonchev–Trinajstić information content (AvgIpc) is 3.00. The van der Waals surface area contributed by atoms with E-state index in [-0.39, 0.29) is 0 Å². The molecular formula is C16H16N4O. The second-order valence-electron chi connectivity index (χ2n) is 4.82. The van der Waals surface area contributed by atoms with Crippen LogP contribution in [0.5, 0.6) is 0 Å². The number of nitrogens with zero attached hydrogens (tertiary/aromatic N) is 3. The second kappa shape index (κ2) is 5.76. The first-order chi connectivity index (χ1) is 10.2. The number of para-hydroxylation sites is 1. The first kappa shape index (κ1) is 13.3. The molecule has 5 nitrogen and oxygen atoms in total.